The smallest absolute Gasteiger partial charge is 0.310 e. The summed E-state index contributed by atoms with van der Waals surface area (Å²) in [5.74, 6) is 1.87. The van der Waals surface area contributed by atoms with Crippen LogP contribution in [0.4, 0.5) is 0 Å². The zero-order valence-corrected chi connectivity index (χ0v) is 11.1. The normalized spacial score (nSPS) is 20.9. The Morgan fingerprint density at radius 3 is 3.06 bits per heavy atom. The number of piperidine rings is 1. The van der Waals surface area contributed by atoms with E-state index in [-0.39, 0.29) is 11.9 Å². The fraction of sp³-hybridized carbons (Fsp3) is 0.643. The third kappa shape index (κ3) is 3.35. The second kappa shape index (κ2) is 6.05. The summed E-state index contributed by atoms with van der Waals surface area (Å²) in [6, 6.07) is 3.98. The third-order valence-electron chi connectivity index (χ3n) is 3.30. The molecule has 0 bridgehead atoms. The lowest BCUT2D eigenvalue weighted by molar-refractivity contribution is -0.150. The number of hydrogen-bond donors (Lipinski definition) is 0. The van der Waals surface area contributed by atoms with Gasteiger partial charge in [0.25, 0.3) is 0 Å². The maximum Gasteiger partial charge on any atom is 0.310 e. The van der Waals surface area contributed by atoms with Crippen LogP contribution in [0.25, 0.3) is 0 Å². The molecular formula is C14H21NO3. The highest BCUT2D eigenvalue weighted by atomic mass is 16.5. The van der Waals surface area contributed by atoms with Crippen LogP contribution in [0.1, 0.15) is 31.3 Å². The molecule has 1 aromatic heterocycles. The monoisotopic (exact) mass is 251 g/mol. The standard InChI is InChI=1S/C14H21NO3/c1-3-17-14(16)12-5-4-8-15(9-12)10-13-7-6-11(2)18-13/h6-7,12H,3-5,8-10H2,1-2H3. The van der Waals surface area contributed by atoms with Crippen LogP contribution in [0.5, 0.6) is 0 Å². The highest BCUT2D eigenvalue weighted by molar-refractivity contribution is 5.72. The predicted octanol–water partition coefficient (Wildman–Crippen LogP) is 2.36. The van der Waals surface area contributed by atoms with E-state index in [2.05, 4.69) is 4.90 Å². The molecule has 1 aliphatic heterocycles. The Morgan fingerprint density at radius 2 is 2.39 bits per heavy atom. The number of carbonyl (C=O) groups excluding carboxylic acids is 1. The Hall–Kier alpha value is -1.29. The van der Waals surface area contributed by atoms with Gasteiger partial charge in [0.05, 0.1) is 19.1 Å². The van der Waals surface area contributed by atoms with Gasteiger partial charge >= 0.3 is 5.97 Å². The summed E-state index contributed by atoms with van der Waals surface area (Å²) in [5, 5.41) is 0. The van der Waals surface area contributed by atoms with Gasteiger partial charge in [0.15, 0.2) is 0 Å². The Morgan fingerprint density at radius 1 is 1.56 bits per heavy atom. The topological polar surface area (TPSA) is 42.7 Å². The van der Waals surface area contributed by atoms with Crippen molar-refractivity contribution in [2.24, 2.45) is 5.92 Å². The largest absolute Gasteiger partial charge is 0.466 e. The van der Waals surface area contributed by atoms with E-state index in [4.69, 9.17) is 9.15 Å². The molecule has 1 saturated heterocycles. The molecule has 0 spiro atoms. The van der Waals surface area contributed by atoms with Gasteiger partial charge in [-0.3, -0.25) is 9.69 Å². The van der Waals surface area contributed by atoms with Gasteiger partial charge in [0, 0.05) is 6.54 Å². The summed E-state index contributed by atoms with van der Waals surface area (Å²) in [4.78, 5) is 14.0. The second-order valence-electron chi connectivity index (χ2n) is 4.84. The molecule has 1 atom stereocenters. The highest BCUT2D eigenvalue weighted by Crippen LogP contribution is 2.20. The van der Waals surface area contributed by atoms with Crippen molar-refractivity contribution in [2.45, 2.75) is 33.2 Å². The number of carbonyl (C=O) groups is 1. The molecule has 18 heavy (non-hydrogen) atoms. The highest BCUT2D eigenvalue weighted by Gasteiger charge is 2.27. The van der Waals surface area contributed by atoms with E-state index in [1.807, 2.05) is 26.0 Å². The number of rotatable bonds is 4. The van der Waals surface area contributed by atoms with Gasteiger partial charge in [-0.2, -0.15) is 0 Å². The van der Waals surface area contributed by atoms with Crippen LogP contribution in [0.15, 0.2) is 16.5 Å². The molecule has 1 fully saturated rings. The molecule has 0 saturated carbocycles. The first-order valence-electron chi connectivity index (χ1n) is 6.63. The van der Waals surface area contributed by atoms with Crippen molar-refractivity contribution in [3.63, 3.8) is 0 Å². The molecule has 4 heteroatoms. The minimum Gasteiger partial charge on any atom is -0.466 e. The lowest BCUT2D eigenvalue weighted by Crippen LogP contribution is -2.38. The Bertz CT molecular complexity index is 399. The number of hydrogen-bond acceptors (Lipinski definition) is 4. The summed E-state index contributed by atoms with van der Waals surface area (Å²) in [5.41, 5.74) is 0. The summed E-state index contributed by atoms with van der Waals surface area (Å²) < 4.78 is 10.7. The molecule has 2 rings (SSSR count). The lowest BCUT2D eigenvalue weighted by Gasteiger charge is -2.30. The number of aryl methyl sites for hydroxylation is 1. The molecular weight excluding hydrogens is 230 g/mol. The zero-order chi connectivity index (χ0) is 13.0. The molecule has 0 aromatic carbocycles. The van der Waals surface area contributed by atoms with Crippen molar-refractivity contribution in [2.75, 3.05) is 19.7 Å². The van der Waals surface area contributed by atoms with Crippen molar-refractivity contribution >= 4 is 5.97 Å². The molecule has 0 N–H and O–H groups in total. The molecule has 1 aromatic rings. The van der Waals surface area contributed by atoms with Gasteiger partial charge in [-0.25, -0.2) is 0 Å². The fourth-order valence-electron chi connectivity index (χ4n) is 2.44. The quantitative estimate of drug-likeness (QED) is 0.770. The fourth-order valence-corrected chi connectivity index (χ4v) is 2.44. The van der Waals surface area contributed by atoms with Crippen LogP contribution in [0.2, 0.25) is 0 Å². The van der Waals surface area contributed by atoms with E-state index in [1.54, 1.807) is 0 Å². The minimum absolute atomic E-state index is 0.0229. The molecule has 0 radical (unpaired) electrons. The molecule has 4 nitrogen and oxygen atoms in total. The van der Waals surface area contributed by atoms with Gasteiger partial charge in [0.2, 0.25) is 0 Å². The number of likely N-dealkylation sites (tertiary alicyclic amines) is 1. The zero-order valence-electron chi connectivity index (χ0n) is 11.1. The van der Waals surface area contributed by atoms with Crippen LogP contribution >= 0.6 is 0 Å². The predicted molar refractivity (Wildman–Crippen MR) is 68.1 cm³/mol. The first-order valence-corrected chi connectivity index (χ1v) is 6.63. The van der Waals surface area contributed by atoms with Crippen LogP contribution in [-0.2, 0) is 16.1 Å². The molecule has 0 amide bonds. The van der Waals surface area contributed by atoms with E-state index in [0.717, 1.165) is 44.0 Å². The van der Waals surface area contributed by atoms with Gasteiger partial charge < -0.3 is 9.15 Å². The van der Waals surface area contributed by atoms with E-state index >= 15 is 0 Å². The van der Waals surface area contributed by atoms with E-state index in [0.29, 0.717) is 6.61 Å². The van der Waals surface area contributed by atoms with Crippen molar-refractivity contribution in [1.82, 2.24) is 4.90 Å². The average molecular weight is 251 g/mol. The van der Waals surface area contributed by atoms with Crippen LogP contribution in [0.3, 0.4) is 0 Å². The van der Waals surface area contributed by atoms with Crippen molar-refractivity contribution in [3.8, 4) is 0 Å². The van der Waals surface area contributed by atoms with Crippen molar-refractivity contribution < 1.29 is 13.9 Å². The van der Waals surface area contributed by atoms with Crippen LogP contribution in [0, 0.1) is 12.8 Å². The maximum atomic E-state index is 11.7. The molecule has 0 aliphatic carbocycles. The van der Waals surface area contributed by atoms with E-state index in [1.165, 1.54) is 0 Å². The summed E-state index contributed by atoms with van der Waals surface area (Å²) in [7, 11) is 0. The Balaban J connectivity index is 1.88. The molecule has 1 aliphatic rings. The maximum absolute atomic E-state index is 11.7. The summed E-state index contributed by atoms with van der Waals surface area (Å²) in [6.45, 7) is 6.84. The average Bonchev–Trinajstić information content (AvgIpc) is 2.75. The SMILES string of the molecule is CCOC(=O)C1CCCN(Cc2ccc(C)o2)C1. The van der Waals surface area contributed by atoms with Gasteiger partial charge in [-0.1, -0.05) is 0 Å². The number of ether oxygens (including phenoxy) is 1. The molecule has 2 heterocycles. The second-order valence-corrected chi connectivity index (χ2v) is 4.84. The number of nitrogens with zero attached hydrogens (tertiary/aromatic N) is 1. The van der Waals surface area contributed by atoms with Gasteiger partial charge in [-0.05, 0) is 45.4 Å². The summed E-state index contributed by atoms with van der Waals surface area (Å²) >= 11 is 0. The third-order valence-corrected chi connectivity index (χ3v) is 3.30. The van der Waals surface area contributed by atoms with Crippen LogP contribution in [-0.4, -0.2) is 30.6 Å². The lowest BCUT2D eigenvalue weighted by atomic mass is 9.98. The van der Waals surface area contributed by atoms with Crippen molar-refractivity contribution in [1.29, 1.82) is 0 Å². The van der Waals surface area contributed by atoms with Crippen molar-refractivity contribution in [3.05, 3.63) is 23.7 Å². The minimum atomic E-state index is -0.0576. The summed E-state index contributed by atoms with van der Waals surface area (Å²) in [6.07, 6.45) is 1.98. The van der Waals surface area contributed by atoms with Crippen LogP contribution < -0.4 is 0 Å². The molecule has 1 unspecified atom stereocenters. The van der Waals surface area contributed by atoms with Gasteiger partial charge in [-0.15, -0.1) is 0 Å². The Labute approximate surface area is 108 Å². The number of furan rings is 1. The molecule has 100 valence electrons. The first kappa shape index (κ1) is 13.1. The first-order chi connectivity index (χ1) is 8.69. The van der Waals surface area contributed by atoms with E-state index < -0.39 is 0 Å². The Kier molecular flexibility index (Phi) is 4.42. The van der Waals surface area contributed by atoms with Gasteiger partial charge in [0.1, 0.15) is 11.5 Å². The van der Waals surface area contributed by atoms with E-state index in [9.17, 15) is 4.79 Å². The number of esters is 1.